The molecule has 0 radical (unpaired) electrons. The van der Waals surface area contributed by atoms with Gasteiger partial charge in [-0.25, -0.2) is 8.42 Å². The number of aryl methyl sites for hydroxylation is 2. The van der Waals surface area contributed by atoms with Gasteiger partial charge in [0.1, 0.15) is 0 Å². The maximum absolute atomic E-state index is 12.9. The van der Waals surface area contributed by atoms with Crippen molar-refractivity contribution in [2.24, 2.45) is 0 Å². The quantitative estimate of drug-likeness (QED) is 0.810. The second kappa shape index (κ2) is 8.13. The van der Waals surface area contributed by atoms with Gasteiger partial charge in [-0.1, -0.05) is 43.5 Å². The maximum Gasteiger partial charge on any atom is 0.262 e. The number of sulfonamides is 1. The molecule has 0 aliphatic heterocycles. The molecule has 0 bridgehead atoms. The standard InChI is InChI=1S/C21H26N2O3S/c1-15-8-6-7-11-19(15)23-27(25,26)20-14-17(13-12-16(20)2)21(24)22-18-9-4-3-5-10-18/h6-8,11-14,18,23H,3-5,9-10H2,1-2H3,(H,22,24). The number of hydrogen-bond donors (Lipinski definition) is 2. The first-order valence-corrected chi connectivity index (χ1v) is 10.8. The molecule has 1 aliphatic carbocycles. The highest BCUT2D eigenvalue weighted by Gasteiger charge is 2.21. The van der Waals surface area contributed by atoms with E-state index in [2.05, 4.69) is 10.0 Å². The Morgan fingerprint density at radius 3 is 2.37 bits per heavy atom. The summed E-state index contributed by atoms with van der Waals surface area (Å²) in [6.07, 6.45) is 5.43. The lowest BCUT2D eigenvalue weighted by Crippen LogP contribution is -2.36. The van der Waals surface area contributed by atoms with Crippen LogP contribution in [0.4, 0.5) is 5.69 Å². The summed E-state index contributed by atoms with van der Waals surface area (Å²) in [6, 6.07) is 12.2. The monoisotopic (exact) mass is 386 g/mol. The SMILES string of the molecule is Cc1ccccc1NS(=O)(=O)c1cc(C(=O)NC2CCCCC2)ccc1C. The molecule has 6 heteroatoms. The van der Waals surface area contributed by atoms with Crippen molar-refractivity contribution >= 4 is 21.6 Å². The Bertz CT molecular complexity index is 932. The van der Waals surface area contributed by atoms with Crippen molar-refractivity contribution in [2.75, 3.05) is 4.72 Å². The summed E-state index contributed by atoms with van der Waals surface area (Å²) in [7, 11) is -3.79. The first-order chi connectivity index (χ1) is 12.9. The minimum absolute atomic E-state index is 0.127. The Kier molecular flexibility index (Phi) is 5.85. The molecule has 0 spiro atoms. The van der Waals surface area contributed by atoms with Gasteiger partial charge in [0, 0.05) is 11.6 Å². The van der Waals surface area contributed by atoms with E-state index in [1.165, 1.54) is 12.5 Å². The molecule has 0 saturated heterocycles. The molecule has 0 aromatic heterocycles. The molecule has 2 aromatic rings. The smallest absolute Gasteiger partial charge is 0.262 e. The van der Waals surface area contributed by atoms with Crippen LogP contribution in [0.1, 0.15) is 53.6 Å². The summed E-state index contributed by atoms with van der Waals surface area (Å²) in [5.74, 6) is -0.214. The van der Waals surface area contributed by atoms with Crippen LogP contribution in [0.2, 0.25) is 0 Å². The fraction of sp³-hybridized carbons (Fsp3) is 0.381. The number of amides is 1. The zero-order valence-corrected chi connectivity index (χ0v) is 16.6. The van der Waals surface area contributed by atoms with Crippen molar-refractivity contribution in [1.29, 1.82) is 0 Å². The largest absolute Gasteiger partial charge is 0.349 e. The summed E-state index contributed by atoms with van der Waals surface area (Å²) in [5, 5.41) is 3.04. The Hall–Kier alpha value is -2.34. The van der Waals surface area contributed by atoms with E-state index >= 15 is 0 Å². The van der Waals surface area contributed by atoms with Crippen LogP contribution in [-0.4, -0.2) is 20.4 Å². The van der Waals surface area contributed by atoms with Crippen molar-refractivity contribution in [2.45, 2.75) is 56.9 Å². The molecule has 2 N–H and O–H groups in total. The third-order valence-corrected chi connectivity index (χ3v) is 6.58. The number of para-hydroxylation sites is 1. The number of anilines is 1. The first kappa shape index (κ1) is 19.4. The number of benzene rings is 2. The van der Waals surface area contributed by atoms with Gasteiger partial charge < -0.3 is 5.32 Å². The maximum atomic E-state index is 12.9. The lowest BCUT2D eigenvalue weighted by molar-refractivity contribution is 0.0927. The summed E-state index contributed by atoms with van der Waals surface area (Å²) >= 11 is 0. The van der Waals surface area contributed by atoms with E-state index < -0.39 is 10.0 Å². The van der Waals surface area contributed by atoms with E-state index in [-0.39, 0.29) is 16.8 Å². The first-order valence-electron chi connectivity index (χ1n) is 9.37. The van der Waals surface area contributed by atoms with Crippen LogP contribution >= 0.6 is 0 Å². The van der Waals surface area contributed by atoms with Crippen LogP contribution in [0.15, 0.2) is 47.4 Å². The number of carbonyl (C=O) groups excluding carboxylic acids is 1. The molecule has 5 nitrogen and oxygen atoms in total. The van der Waals surface area contributed by atoms with E-state index in [0.717, 1.165) is 31.2 Å². The minimum Gasteiger partial charge on any atom is -0.349 e. The Morgan fingerprint density at radius 2 is 1.67 bits per heavy atom. The Morgan fingerprint density at radius 1 is 0.963 bits per heavy atom. The fourth-order valence-electron chi connectivity index (χ4n) is 3.43. The van der Waals surface area contributed by atoms with Crippen LogP contribution in [0.5, 0.6) is 0 Å². The van der Waals surface area contributed by atoms with Crippen LogP contribution in [0, 0.1) is 13.8 Å². The van der Waals surface area contributed by atoms with Gasteiger partial charge in [-0.15, -0.1) is 0 Å². The molecule has 0 heterocycles. The highest BCUT2D eigenvalue weighted by atomic mass is 32.2. The van der Waals surface area contributed by atoms with Gasteiger partial charge in [-0.3, -0.25) is 9.52 Å². The number of hydrogen-bond acceptors (Lipinski definition) is 3. The molecule has 0 unspecified atom stereocenters. The zero-order valence-electron chi connectivity index (χ0n) is 15.8. The molecule has 1 amide bonds. The van der Waals surface area contributed by atoms with Crippen LogP contribution in [0.3, 0.4) is 0 Å². The third kappa shape index (κ3) is 4.69. The number of carbonyl (C=O) groups is 1. The summed E-state index contributed by atoms with van der Waals surface area (Å²) < 4.78 is 28.4. The molecule has 1 saturated carbocycles. The van der Waals surface area contributed by atoms with Crippen molar-refractivity contribution in [3.05, 3.63) is 59.2 Å². The van der Waals surface area contributed by atoms with Crippen LogP contribution in [-0.2, 0) is 10.0 Å². The van der Waals surface area contributed by atoms with Gasteiger partial charge in [0.2, 0.25) is 0 Å². The lowest BCUT2D eigenvalue weighted by atomic mass is 9.95. The van der Waals surface area contributed by atoms with Gasteiger partial charge in [-0.05, 0) is 56.0 Å². The molecule has 1 aliphatic rings. The summed E-state index contributed by atoms with van der Waals surface area (Å²) in [6.45, 7) is 3.58. The Labute approximate surface area is 161 Å². The second-order valence-corrected chi connectivity index (χ2v) is 8.86. The van der Waals surface area contributed by atoms with E-state index in [0.29, 0.717) is 16.8 Å². The summed E-state index contributed by atoms with van der Waals surface area (Å²) in [4.78, 5) is 12.7. The van der Waals surface area contributed by atoms with Crippen molar-refractivity contribution in [3.63, 3.8) is 0 Å². The highest BCUT2D eigenvalue weighted by Crippen LogP contribution is 2.23. The molecule has 144 valence electrons. The third-order valence-electron chi connectivity index (χ3n) is 5.07. The van der Waals surface area contributed by atoms with Crippen molar-refractivity contribution in [1.82, 2.24) is 5.32 Å². The summed E-state index contributed by atoms with van der Waals surface area (Å²) in [5.41, 5.74) is 2.35. The molecular weight excluding hydrogens is 360 g/mol. The van der Waals surface area contributed by atoms with Gasteiger partial charge in [0.05, 0.1) is 10.6 Å². The average Bonchev–Trinajstić information content (AvgIpc) is 2.64. The van der Waals surface area contributed by atoms with E-state index in [1.807, 2.05) is 19.1 Å². The average molecular weight is 387 g/mol. The number of nitrogens with one attached hydrogen (secondary N) is 2. The van der Waals surface area contributed by atoms with Gasteiger partial charge in [0.25, 0.3) is 15.9 Å². The van der Waals surface area contributed by atoms with Crippen molar-refractivity contribution < 1.29 is 13.2 Å². The zero-order chi connectivity index (χ0) is 19.4. The highest BCUT2D eigenvalue weighted by molar-refractivity contribution is 7.92. The fourth-order valence-corrected chi connectivity index (χ4v) is 4.84. The minimum atomic E-state index is -3.79. The van der Waals surface area contributed by atoms with Crippen molar-refractivity contribution in [3.8, 4) is 0 Å². The lowest BCUT2D eigenvalue weighted by Gasteiger charge is -2.23. The molecule has 0 atom stereocenters. The van der Waals surface area contributed by atoms with E-state index in [9.17, 15) is 13.2 Å². The van der Waals surface area contributed by atoms with Crippen LogP contribution < -0.4 is 10.0 Å². The predicted octanol–water partition coefficient (Wildman–Crippen LogP) is 4.17. The predicted molar refractivity (Wildman–Crippen MR) is 108 cm³/mol. The molecule has 1 fully saturated rings. The second-order valence-electron chi connectivity index (χ2n) is 7.21. The van der Waals surface area contributed by atoms with Gasteiger partial charge in [-0.2, -0.15) is 0 Å². The van der Waals surface area contributed by atoms with E-state index in [4.69, 9.17) is 0 Å². The molecular formula is C21H26N2O3S. The van der Waals surface area contributed by atoms with E-state index in [1.54, 1.807) is 31.2 Å². The normalized spacial score (nSPS) is 15.3. The molecule has 2 aromatic carbocycles. The topological polar surface area (TPSA) is 75.3 Å². The Balaban J connectivity index is 1.83. The molecule has 27 heavy (non-hydrogen) atoms. The molecule has 3 rings (SSSR count). The van der Waals surface area contributed by atoms with Gasteiger partial charge in [0.15, 0.2) is 0 Å². The van der Waals surface area contributed by atoms with Crippen LogP contribution in [0.25, 0.3) is 0 Å². The van der Waals surface area contributed by atoms with Gasteiger partial charge >= 0.3 is 0 Å². The number of rotatable bonds is 5.